The molecule has 0 saturated carbocycles. The Bertz CT molecular complexity index is 44.9. The molecule has 0 fully saturated rings. The summed E-state index contributed by atoms with van der Waals surface area (Å²) in [4.78, 5) is 0. The summed E-state index contributed by atoms with van der Waals surface area (Å²) in [5.41, 5.74) is 0. The Balaban J connectivity index is -0.000000143. The SMILES string of the molecule is [CH2-]CCCCBr.[CH2-]CCCCBr.[Zn+2]. The summed E-state index contributed by atoms with van der Waals surface area (Å²) in [7, 11) is 0. The first kappa shape index (κ1) is 20.1. The molecule has 0 aliphatic carbocycles. The smallest absolute Gasteiger partial charge is 0.343 e. The molecule has 0 aromatic rings. The Hall–Kier alpha value is 1.58. The van der Waals surface area contributed by atoms with E-state index in [1.165, 1.54) is 25.7 Å². The number of hydrogen-bond acceptors (Lipinski definition) is 0. The van der Waals surface area contributed by atoms with Gasteiger partial charge < -0.3 is 13.8 Å². The topological polar surface area (TPSA) is 0 Å². The first-order chi connectivity index (χ1) is 5.83. The normalized spacial score (nSPS) is 8.31. The van der Waals surface area contributed by atoms with E-state index in [0.29, 0.717) is 0 Å². The van der Waals surface area contributed by atoms with Gasteiger partial charge in [-0.3, -0.25) is 0 Å². The molecule has 0 rings (SSSR count). The van der Waals surface area contributed by atoms with Crippen LogP contribution in [0.2, 0.25) is 0 Å². The van der Waals surface area contributed by atoms with Crippen molar-refractivity contribution in [3.05, 3.63) is 13.8 Å². The van der Waals surface area contributed by atoms with Crippen molar-refractivity contribution < 1.29 is 19.5 Å². The van der Waals surface area contributed by atoms with Crippen LogP contribution < -0.4 is 0 Å². The Labute approximate surface area is 114 Å². The van der Waals surface area contributed by atoms with E-state index in [9.17, 15) is 0 Å². The van der Waals surface area contributed by atoms with Gasteiger partial charge in [0.15, 0.2) is 0 Å². The minimum absolute atomic E-state index is 0. The fourth-order valence-electron chi connectivity index (χ4n) is 0.543. The van der Waals surface area contributed by atoms with Gasteiger partial charge >= 0.3 is 19.5 Å². The average molecular weight is 365 g/mol. The van der Waals surface area contributed by atoms with E-state index in [4.69, 9.17) is 0 Å². The number of unbranched alkanes of at least 4 members (excludes halogenated alkanes) is 4. The van der Waals surface area contributed by atoms with Crippen LogP contribution >= 0.6 is 31.9 Å². The molecule has 0 aliphatic rings. The molecular weight excluding hydrogens is 345 g/mol. The van der Waals surface area contributed by atoms with Crippen molar-refractivity contribution in [3.8, 4) is 0 Å². The zero-order chi connectivity index (χ0) is 9.66. The van der Waals surface area contributed by atoms with Gasteiger partial charge in [0.25, 0.3) is 0 Å². The van der Waals surface area contributed by atoms with Gasteiger partial charge in [-0.2, -0.15) is 12.8 Å². The predicted octanol–water partition coefficient (Wildman–Crippen LogP) is 4.77. The Morgan fingerprint density at radius 3 is 1.08 bits per heavy atom. The van der Waals surface area contributed by atoms with Crippen LogP contribution in [0.4, 0.5) is 0 Å². The second kappa shape index (κ2) is 23.4. The van der Waals surface area contributed by atoms with Crippen molar-refractivity contribution in [3.63, 3.8) is 0 Å². The quantitative estimate of drug-likeness (QED) is 0.275. The molecule has 0 atom stereocenters. The zero-order valence-electron chi connectivity index (χ0n) is 8.53. The minimum Gasteiger partial charge on any atom is -0.343 e. The molecule has 0 saturated heterocycles. The Morgan fingerprint density at radius 1 is 0.692 bits per heavy atom. The van der Waals surface area contributed by atoms with Crippen LogP contribution in [-0.4, -0.2) is 10.7 Å². The van der Waals surface area contributed by atoms with E-state index in [2.05, 4.69) is 45.7 Å². The summed E-state index contributed by atoms with van der Waals surface area (Å²) >= 11 is 6.65. The van der Waals surface area contributed by atoms with Gasteiger partial charge in [0, 0.05) is 10.7 Å². The summed E-state index contributed by atoms with van der Waals surface area (Å²) < 4.78 is 0. The van der Waals surface area contributed by atoms with E-state index in [1.54, 1.807) is 0 Å². The van der Waals surface area contributed by atoms with Gasteiger partial charge in [-0.05, 0) is 12.8 Å². The maximum absolute atomic E-state index is 3.70. The molecule has 0 aliphatic heterocycles. The molecule has 76 valence electrons. The molecule has 0 N–H and O–H groups in total. The van der Waals surface area contributed by atoms with Gasteiger partial charge in [-0.25, -0.2) is 0 Å². The van der Waals surface area contributed by atoms with Crippen molar-refractivity contribution in [2.75, 3.05) is 10.7 Å². The number of halogens is 2. The Morgan fingerprint density at radius 2 is 1.00 bits per heavy atom. The molecule has 0 spiro atoms. The summed E-state index contributed by atoms with van der Waals surface area (Å²) in [6.07, 6.45) is 7.20. The van der Waals surface area contributed by atoms with Crippen LogP contribution in [0.5, 0.6) is 0 Å². The van der Waals surface area contributed by atoms with E-state index >= 15 is 0 Å². The van der Waals surface area contributed by atoms with Crippen molar-refractivity contribution in [2.45, 2.75) is 38.5 Å². The molecule has 0 bridgehead atoms. The van der Waals surface area contributed by atoms with Crippen molar-refractivity contribution in [1.29, 1.82) is 0 Å². The number of hydrogen-bond donors (Lipinski definition) is 0. The summed E-state index contributed by atoms with van der Waals surface area (Å²) in [5, 5.41) is 2.26. The van der Waals surface area contributed by atoms with Gasteiger partial charge in [0.2, 0.25) is 0 Å². The average Bonchev–Trinajstić information content (AvgIpc) is 2.12. The molecular formula is C10H20Br2Zn. The Kier molecular flexibility index (Phi) is 36.1. The van der Waals surface area contributed by atoms with Crippen LogP contribution in [0.3, 0.4) is 0 Å². The predicted molar refractivity (Wildman–Crippen MR) is 66.0 cm³/mol. The molecule has 0 heterocycles. The van der Waals surface area contributed by atoms with Crippen LogP contribution in [0.15, 0.2) is 0 Å². The number of alkyl halides is 2. The molecule has 0 unspecified atom stereocenters. The van der Waals surface area contributed by atoms with Crippen LogP contribution in [0.1, 0.15) is 38.5 Å². The first-order valence-corrected chi connectivity index (χ1v) is 6.78. The first-order valence-electron chi connectivity index (χ1n) is 4.53. The van der Waals surface area contributed by atoms with Gasteiger partial charge in [-0.15, -0.1) is 0 Å². The molecule has 0 radical (unpaired) electrons. The summed E-state index contributed by atoms with van der Waals surface area (Å²) in [6, 6.07) is 0. The van der Waals surface area contributed by atoms with Gasteiger partial charge in [-0.1, -0.05) is 44.7 Å². The summed E-state index contributed by atoms with van der Waals surface area (Å²) in [5.74, 6) is 0. The zero-order valence-corrected chi connectivity index (χ0v) is 14.7. The summed E-state index contributed by atoms with van der Waals surface area (Å²) in [6.45, 7) is 7.40. The van der Waals surface area contributed by atoms with E-state index in [0.717, 1.165) is 23.5 Å². The monoisotopic (exact) mass is 362 g/mol. The standard InChI is InChI=1S/2C5H10Br.Zn/c2*1-2-3-4-5-6;/h2*1-5H2;/q2*-1;+2. The van der Waals surface area contributed by atoms with Crippen LogP contribution in [-0.2, 0) is 19.5 Å². The van der Waals surface area contributed by atoms with Crippen LogP contribution in [0, 0.1) is 13.8 Å². The van der Waals surface area contributed by atoms with Gasteiger partial charge in [0.1, 0.15) is 0 Å². The third-order valence-corrected chi connectivity index (χ3v) is 2.39. The molecule has 0 aromatic heterocycles. The van der Waals surface area contributed by atoms with Crippen molar-refractivity contribution >= 4 is 31.9 Å². The third kappa shape index (κ3) is 31.7. The third-order valence-electron chi connectivity index (χ3n) is 1.27. The number of rotatable bonds is 6. The maximum Gasteiger partial charge on any atom is 2.00 e. The minimum atomic E-state index is 0. The fraction of sp³-hybridized carbons (Fsp3) is 0.800. The van der Waals surface area contributed by atoms with Crippen molar-refractivity contribution in [1.82, 2.24) is 0 Å². The fourth-order valence-corrected chi connectivity index (χ4v) is 1.34. The van der Waals surface area contributed by atoms with E-state index in [1.807, 2.05) is 0 Å². The molecule has 0 amide bonds. The van der Waals surface area contributed by atoms with E-state index < -0.39 is 0 Å². The van der Waals surface area contributed by atoms with Gasteiger partial charge in [0.05, 0.1) is 0 Å². The van der Waals surface area contributed by atoms with Crippen molar-refractivity contribution in [2.24, 2.45) is 0 Å². The molecule has 0 nitrogen and oxygen atoms in total. The van der Waals surface area contributed by atoms with E-state index in [-0.39, 0.29) is 19.5 Å². The molecule has 13 heavy (non-hydrogen) atoms. The van der Waals surface area contributed by atoms with Crippen LogP contribution in [0.25, 0.3) is 0 Å². The molecule has 0 aromatic carbocycles. The second-order valence-electron chi connectivity index (χ2n) is 2.50. The maximum atomic E-state index is 3.70. The molecule has 3 heteroatoms. The second-order valence-corrected chi connectivity index (χ2v) is 4.09. The largest absolute Gasteiger partial charge is 2.00 e.